The maximum absolute atomic E-state index is 12.3. The van der Waals surface area contributed by atoms with E-state index in [9.17, 15) is 9.59 Å². The van der Waals surface area contributed by atoms with Crippen molar-refractivity contribution < 1.29 is 14.3 Å². The largest absolute Gasteiger partial charge is 0.482 e. The Hall–Kier alpha value is -1.47. The summed E-state index contributed by atoms with van der Waals surface area (Å²) in [7, 11) is 0.745. The fourth-order valence-corrected chi connectivity index (χ4v) is 2.54. The van der Waals surface area contributed by atoms with Gasteiger partial charge in [0.25, 0.3) is 0 Å². The van der Waals surface area contributed by atoms with E-state index in [0.717, 1.165) is 10.9 Å². The minimum atomic E-state index is -0.784. The fourth-order valence-electron chi connectivity index (χ4n) is 1.66. The Labute approximate surface area is 118 Å². The van der Waals surface area contributed by atoms with Crippen LogP contribution in [0.1, 0.15) is 17.3 Å². The van der Waals surface area contributed by atoms with Crippen molar-refractivity contribution in [1.82, 2.24) is 0 Å². The Morgan fingerprint density at radius 1 is 1.37 bits per heavy atom. The molecule has 0 aromatic heterocycles. The molecule has 1 unspecified atom stereocenters. The number of hydrogen-bond acceptors (Lipinski definition) is 3. The average Bonchev–Trinajstić information content (AvgIpc) is 2.42. The average molecular weight is 299 g/mol. The Morgan fingerprint density at radius 2 is 2.05 bits per heavy atom. The van der Waals surface area contributed by atoms with Crippen LogP contribution in [0.25, 0.3) is 0 Å². The van der Waals surface area contributed by atoms with Crippen LogP contribution in [-0.2, 0) is 4.79 Å². The lowest BCUT2D eigenvalue weighted by Crippen LogP contribution is -2.32. The zero-order valence-electron chi connectivity index (χ0n) is 9.98. The van der Waals surface area contributed by atoms with Crippen LogP contribution in [0.4, 0.5) is 0 Å². The SMILES string of the molecule is CC1Oc2ccc(Cl)cc2C(=O)C(=S=C(N)N)C1=O. The molecule has 0 saturated carbocycles. The standard InChI is InChI=1S/C12H11ClN2O3S/c1-5-9(16)11(19-12(14)15)10(17)7-4-6(13)2-3-8(7)18-5/h2-5H,14-15H2,1H3. The van der Waals surface area contributed by atoms with Gasteiger partial charge in [0.15, 0.2) is 6.10 Å². The number of carbonyl (C=O) groups is 2. The van der Waals surface area contributed by atoms with Crippen molar-refractivity contribution in [1.29, 1.82) is 0 Å². The molecule has 0 saturated heterocycles. The molecule has 0 bridgehead atoms. The molecule has 4 N–H and O–H groups in total. The molecule has 0 spiro atoms. The smallest absolute Gasteiger partial charge is 0.216 e. The Kier molecular flexibility index (Phi) is 3.86. The van der Waals surface area contributed by atoms with Gasteiger partial charge in [-0.25, -0.2) is 0 Å². The minimum absolute atomic E-state index is 0.0616. The van der Waals surface area contributed by atoms with Crippen molar-refractivity contribution in [2.75, 3.05) is 0 Å². The third kappa shape index (κ3) is 2.76. The first-order chi connectivity index (χ1) is 8.90. The highest BCUT2D eigenvalue weighted by atomic mass is 35.5. The van der Waals surface area contributed by atoms with Crippen LogP contribution in [-0.4, -0.2) is 27.6 Å². The summed E-state index contributed by atoms with van der Waals surface area (Å²) >= 11 is 5.86. The number of halogens is 1. The second-order valence-corrected chi connectivity index (χ2v) is 5.45. The lowest BCUT2D eigenvalue weighted by molar-refractivity contribution is -0.118. The Morgan fingerprint density at radius 3 is 2.68 bits per heavy atom. The van der Waals surface area contributed by atoms with E-state index < -0.39 is 17.7 Å². The van der Waals surface area contributed by atoms with Crippen molar-refractivity contribution in [2.45, 2.75) is 13.0 Å². The highest BCUT2D eigenvalue weighted by Gasteiger charge is 2.32. The van der Waals surface area contributed by atoms with Crippen LogP contribution in [0.5, 0.6) is 5.75 Å². The molecule has 0 radical (unpaired) electrons. The minimum Gasteiger partial charge on any atom is -0.482 e. The van der Waals surface area contributed by atoms with Gasteiger partial charge in [-0.15, -0.1) is 10.9 Å². The molecule has 1 aromatic carbocycles. The summed E-state index contributed by atoms with van der Waals surface area (Å²) < 4.78 is 5.45. The number of benzene rings is 1. The molecular formula is C12H11ClN2O3S. The first kappa shape index (κ1) is 14.0. The van der Waals surface area contributed by atoms with Gasteiger partial charge in [-0.1, -0.05) is 11.6 Å². The van der Waals surface area contributed by atoms with Crippen molar-refractivity contribution in [3.8, 4) is 5.75 Å². The predicted octanol–water partition coefficient (Wildman–Crippen LogP) is 0.783. The van der Waals surface area contributed by atoms with E-state index in [0.29, 0.717) is 10.8 Å². The molecule has 1 atom stereocenters. The van der Waals surface area contributed by atoms with Crippen LogP contribution in [0.15, 0.2) is 18.2 Å². The lowest BCUT2D eigenvalue weighted by Gasteiger charge is -2.10. The summed E-state index contributed by atoms with van der Waals surface area (Å²) in [5, 5.41) is 0.307. The van der Waals surface area contributed by atoms with E-state index in [1.54, 1.807) is 19.1 Å². The van der Waals surface area contributed by atoms with Gasteiger partial charge in [-0.2, -0.15) is 0 Å². The van der Waals surface area contributed by atoms with E-state index in [1.165, 1.54) is 6.07 Å². The molecule has 1 heterocycles. The third-order valence-electron chi connectivity index (χ3n) is 2.51. The summed E-state index contributed by atoms with van der Waals surface area (Å²) in [5.74, 6) is -0.609. The topological polar surface area (TPSA) is 95.4 Å². The molecule has 1 aliphatic rings. The number of nitrogens with two attached hydrogens (primary N) is 2. The van der Waals surface area contributed by atoms with Gasteiger partial charge in [0.1, 0.15) is 15.7 Å². The van der Waals surface area contributed by atoms with Crippen LogP contribution >= 0.6 is 22.5 Å². The molecule has 19 heavy (non-hydrogen) atoms. The van der Waals surface area contributed by atoms with Gasteiger partial charge >= 0.3 is 0 Å². The quantitative estimate of drug-likeness (QED) is 0.690. The predicted molar refractivity (Wildman–Crippen MR) is 76.9 cm³/mol. The van der Waals surface area contributed by atoms with Crippen molar-refractivity contribution >= 4 is 44.1 Å². The van der Waals surface area contributed by atoms with Crippen molar-refractivity contribution in [3.63, 3.8) is 0 Å². The highest BCUT2D eigenvalue weighted by molar-refractivity contribution is 8.00. The second kappa shape index (κ2) is 5.26. The normalized spacial score (nSPS) is 18.5. The Balaban J connectivity index is 2.71. The molecule has 1 aromatic rings. The maximum atomic E-state index is 12.3. The first-order valence-electron chi connectivity index (χ1n) is 5.38. The molecule has 7 heteroatoms. The van der Waals surface area contributed by atoms with Gasteiger partial charge in [-0.05, 0) is 25.1 Å². The number of ketones is 2. The summed E-state index contributed by atoms with van der Waals surface area (Å²) in [6.07, 6.45) is -0.784. The van der Waals surface area contributed by atoms with Crippen LogP contribution in [0.3, 0.4) is 0 Å². The Bertz CT molecular complexity index is 646. The van der Waals surface area contributed by atoms with E-state index >= 15 is 0 Å². The van der Waals surface area contributed by atoms with Crippen molar-refractivity contribution in [2.24, 2.45) is 11.5 Å². The second-order valence-electron chi connectivity index (χ2n) is 3.93. The van der Waals surface area contributed by atoms with Gasteiger partial charge < -0.3 is 4.74 Å². The fraction of sp³-hybridized carbons (Fsp3) is 0.167. The molecule has 0 fully saturated rings. The third-order valence-corrected chi connectivity index (χ3v) is 3.57. The summed E-state index contributed by atoms with van der Waals surface area (Å²) in [5.41, 5.74) is 10.9. The number of fused-ring (bicyclic) bond motifs is 1. The molecule has 0 aliphatic carbocycles. The molecule has 100 valence electrons. The van der Waals surface area contributed by atoms with E-state index in [1.807, 2.05) is 0 Å². The van der Waals surface area contributed by atoms with Gasteiger partial charge in [-0.3, -0.25) is 21.1 Å². The number of carbonyl (C=O) groups excluding carboxylic acids is 2. The van der Waals surface area contributed by atoms with Gasteiger partial charge in [0, 0.05) is 5.02 Å². The van der Waals surface area contributed by atoms with Crippen LogP contribution in [0.2, 0.25) is 5.02 Å². The maximum Gasteiger partial charge on any atom is 0.216 e. The van der Waals surface area contributed by atoms with E-state index in [-0.39, 0.29) is 15.5 Å². The lowest BCUT2D eigenvalue weighted by atomic mass is 10.0. The number of Topliss-reactive ketones (excluding diaryl/α,β-unsaturated/α-hetero) is 2. The molecule has 0 amide bonds. The summed E-state index contributed by atoms with van der Waals surface area (Å²) in [6, 6.07) is 4.60. The monoisotopic (exact) mass is 298 g/mol. The van der Waals surface area contributed by atoms with Crippen LogP contribution < -0.4 is 16.2 Å². The van der Waals surface area contributed by atoms with Gasteiger partial charge in [0.2, 0.25) is 11.6 Å². The number of hydrogen-bond donors (Lipinski definition) is 2. The molecule has 2 rings (SSSR count). The van der Waals surface area contributed by atoms with Gasteiger partial charge in [0.05, 0.1) is 5.56 Å². The van der Waals surface area contributed by atoms with Crippen LogP contribution in [0, 0.1) is 0 Å². The first-order valence-corrected chi connectivity index (χ1v) is 6.57. The molecule has 5 nitrogen and oxygen atoms in total. The van der Waals surface area contributed by atoms with Crippen molar-refractivity contribution in [3.05, 3.63) is 28.8 Å². The zero-order chi connectivity index (χ0) is 14.2. The highest BCUT2D eigenvalue weighted by Crippen LogP contribution is 2.27. The molecule has 1 aliphatic heterocycles. The number of ether oxygens (including phenoxy) is 1. The van der Waals surface area contributed by atoms with E-state index in [4.69, 9.17) is 27.8 Å². The number of rotatable bonds is 0. The van der Waals surface area contributed by atoms with E-state index in [2.05, 4.69) is 0 Å². The summed E-state index contributed by atoms with van der Waals surface area (Å²) in [4.78, 5) is 24.4. The zero-order valence-corrected chi connectivity index (χ0v) is 11.5. The summed E-state index contributed by atoms with van der Waals surface area (Å²) in [6.45, 7) is 1.56. The molecular weight excluding hydrogens is 288 g/mol.